The van der Waals surface area contributed by atoms with Crippen molar-refractivity contribution < 1.29 is 18.3 Å². The Morgan fingerprint density at radius 2 is 1.64 bits per heavy atom. The number of carbonyl (C=O) groups is 1. The minimum atomic E-state index is -3.35. The number of unbranched alkanes of at least 4 members (excludes halogenated alkanes) is 5. The molecule has 0 spiro atoms. The van der Waals surface area contributed by atoms with Gasteiger partial charge < -0.3 is 10.8 Å². The minimum Gasteiger partial charge on any atom is -0.480 e. The SMILES string of the molecule is NC(Cc1ccc(NS(=O)(=O)CCCCCCCCI)cc1)C(=O)O. The number of alkyl halides is 1. The third kappa shape index (κ3) is 10.0. The van der Waals surface area contributed by atoms with Gasteiger partial charge in [-0.25, -0.2) is 8.42 Å². The van der Waals surface area contributed by atoms with Crippen LogP contribution in [0, 0.1) is 0 Å². The summed E-state index contributed by atoms with van der Waals surface area (Å²) in [6.45, 7) is 0. The van der Waals surface area contributed by atoms with E-state index in [9.17, 15) is 13.2 Å². The van der Waals surface area contributed by atoms with Crippen LogP contribution in [-0.2, 0) is 21.2 Å². The number of nitrogens with one attached hydrogen (secondary N) is 1. The molecule has 25 heavy (non-hydrogen) atoms. The number of benzene rings is 1. The number of rotatable bonds is 13. The quantitative estimate of drug-likeness (QED) is 0.227. The highest BCUT2D eigenvalue weighted by atomic mass is 127. The van der Waals surface area contributed by atoms with E-state index in [1.807, 2.05) is 0 Å². The number of anilines is 1. The van der Waals surface area contributed by atoms with Gasteiger partial charge in [0.1, 0.15) is 6.04 Å². The molecule has 6 nitrogen and oxygen atoms in total. The molecule has 0 amide bonds. The second-order valence-electron chi connectivity index (χ2n) is 6.08. The third-order valence-corrected chi connectivity index (χ3v) is 5.93. The summed E-state index contributed by atoms with van der Waals surface area (Å²) in [7, 11) is -3.35. The summed E-state index contributed by atoms with van der Waals surface area (Å²) in [5.74, 6) is -0.940. The molecule has 4 N–H and O–H groups in total. The lowest BCUT2D eigenvalue weighted by Crippen LogP contribution is -2.32. The molecular formula is C17H27IN2O4S. The van der Waals surface area contributed by atoms with Gasteiger partial charge in [0.15, 0.2) is 0 Å². The molecular weight excluding hydrogens is 455 g/mol. The van der Waals surface area contributed by atoms with Crippen LogP contribution in [-0.4, -0.2) is 35.7 Å². The summed E-state index contributed by atoms with van der Waals surface area (Å²) in [5, 5.41) is 8.80. The molecule has 0 aliphatic carbocycles. The number of hydrogen-bond acceptors (Lipinski definition) is 4. The van der Waals surface area contributed by atoms with Crippen molar-refractivity contribution in [2.75, 3.05) is 14.9 Å². The van der Waals surface area contributed by atoms with E-state index in [0.29, 0.717) is 12.1 Å². The lowest BCUT2D eigenvalue weighted by molar-refractivity contribution is -0.138. The van der Waals surface area contributed by atoms with Gasteiger partial charge in [-0.15, -0.1) is 0 Å². The van der Waals surface area contributed by atoms with E-state index in [2.05, 4.69) is 27.3 Å². The van der Waals surface area contributed by atoms with Crippen LogP contribution in [0.3, 0.4) is 0 Å². The number of carboxylic acids is 1. The van der Waals surface area contributed by atoms with Crippen LogP contribution in [0.5, 0.6) is 0 Å². The van der Waals surface area contributed by atoms with Crippen LogP contribution in [0.4, 0.5) is 5.69 Å². The summed E-state index contributed by atoms with van der Waals surface area (Å²) in [5.41, 5.74) is 6.72. The summed E-state index contributed by atoms with van der Waals surface area (Å²) >= 11 is 2.37. The molecule has 8 heteroatoms. The molecule has 1 aromatic carbocycles. The minimum absolute atomic E-state index is 0.116. The van der Waals surface area contributed by atoms with Crippen molar-refractivity contribution in [3.05, 3.63) is 29.8 Å². The molecule has 0 aliphatic rings. The van der Waals surface area contributed by atoms with Gasteiger partial charge in [-0.05, 0) is 41.4 Å². The van der Waals surface area contributed by atoms with Crippen molar-refractivity contribution in [3.8, 4) is 0 Å². The normalized spacial score (nSPS) is 12.7. The van der Waals surface area contributed by atoms with Crippen LogP contribution < -0.4 is 10.5 Å². The fourth-order valence-corrected chi connectivity index (χ4v) is 4.10. The summed E-state index contributed by atoms with van der Waals surface area (Å²) < 4.78 is 27.9. The third-order valence-electron chi connectivity index (χ3n) is 3.80. The first kappa shape index (κ1) is 22.2. The Kier molecular flexibility index (Phi) is 10.4. The van der Waals surface area contributed by atoms with Crippen molar-refractivity contribution in [2.45, 2.75) is 51.0 Å². The number of aliphatic carboxylic acids is 1. The number of hydrogen-bond donors (Lipinski definition) is 3. The van der Waals surface area contributed by atoms with Gasteiger partial charge in [0, 0.05) is 5.69 Å². The van der Waals surface area contributed by atoms with E-state index in [-0.39, 0.29) is 12.2 Å². The van der Waals surface area contributed by atoms with Gasteiger partial charge >= 0.3 is 5.97 Å². The summed E-state index contributed by atoms with van der Waals surface area (Å²) in [6.07, 6.45) is 6.47. The zero-order valence-corrected chi connectivity index (χ0v) is 17.3. The molecule has 142 valence electrons. The lowest BCUT2D eigenvalue weighted by Gasteiger charge is -2.10. The second kappa shape index (κ2) is 11.7. The number of nitrogens with two attached hydrogens (primary N) is 1. The highest BCUT2D eigenvalue weighted by Gasteiger charge is 2.13. The van der Waals surface area contributed by atoms with E-state index in [0.717, 1.165) is 24.8 Å². The second-order valence-corrected chi connectivity index (χ2v) is 9.00. The molecule has 0 heterocycles. The average molecular weight is 482 g/mol. The summed E-state index contributed by atoms with van der Waals surface area (Å²) in [4.78, 5) is 10.7. The maximum atomic E-state index is 12.1. The number of carboxylic acid groups (broad SMARTS) is 1. The van der Waals surface area contributed by atoms with E-state index < -0.39 is 22.0 Å². The Morgan fingerprint density at radius 1 is 1.08 bits per heavy atom. The predicted octanol–water partition coefficient (Wildman–Crippen LogP) is 3.16. The Morgan fingerprint density at radius 3 is 2.20 bits per heavy atom. The van der Waals surface area contributed by atoms with E-state index in [1.54, 1.807) is 24.3 Å². The molecule has 1 atom stereocenters. The first-order valence-corrected chi connectivity index (χ1v) is 11.7. The average Bonchev–Trinajstić information content (AvgIpc) is 2.55. The van der Waals surface area contributed by atoms with Gasteiger partial charge in [-0.2, -0.15) is 0 Å². The maximum Gasteiger partial charge on any atom is 0.320 e. The Hall–Kier alpha value is -0.870. The topological polar surface area (TPSA) is 109 Å². The predicted molar refractivity (Wildman–Crippen MR) is 110 cm³/mol. The molecule has 0 saturated carbocycles. The smallest absolute Gasteiger partial charge is 0.320 e. The highest BCUT2D eigenvalue weighted by Crippen LogP contribution is 2.14. The molecule has 1 rings (SSSR count). The Labute approximate surface area is 163 Å². The molecule has 0 aliphatic heterocycles. The van der Waals surface area contributed by atoms with E-state index in [1.165, 1.54) is 17.3 Å². The van der Waals surface area contributed by atoms with Crippen LogP contribution >= 0.6 is 22.6 Å². The maximum absolute atomic E-state index is 12.1. The van der Waals surface area contributed by atoms with Crippen molar-refractivity contribution >= 4 is 44.3 Å². The van der Waals surface area contributed by atoms with E-state index in [4.69, 9.17) is 10.8 Å². The van der Waals surface area contributed by atoms with Gasteiger partial charge in [0.2, 0.25) is 10.0 Å². The summed E-state index contributed by atoms with van der Waals surface area (Å²) in [6, 6.07) is 5.68. The van der Waals surface area contributed by atoms with Crippen LogP contribution in [0.2, 0.25) is 0 Å². The zero-order chi connectivity index (χ0) is 18.7. The monoisotopic (exact) mass is 482 g/mol. The van der Waals surface area contributed by atoms with Crippen LogP contribution in [0.1, 0.15) is 44.1 Å². The first-order chi connectivity index (χ1) is 11.8. The standard InChI is InChI=1S/C17H27IN2O4S/c18-11-5-3-1-2-4-6-12-25(23,24)20-15-9-7-14(8-10-15)13-16(19)17(21)22/h7-10,16,20H,1-6,11-13,19H2,(H,21,22). The molecule has 0 fully saturated rings. The molecule has 1 unspecified atom stereocenters. The fourth-order valence-electron chi connectivity index (χ4n) is 2.37. The van der Waals surface area contributed by atoms with Crippen molar-refractivity contribution in [1.82, 2.24) is 0 Å². The van der Waals surface area contributed by atoms with Gasteiger partial charge in [-0.1, -0.05) is 60.4 Å². The van der Waals surface area contributed by atoms with Crippen molar-refractivity contribution in [3.63, 3.8) is 0 Å². The van der Waals surface area contributed by atoms with Gasteiger partial charge in [0.25, 0.3) is 0 Å². The number of sulfonamides is 1. The van der Waals surface area contributed by atoms with Crippen LogP contribution in [0.25, 0.3) is 0 Å². The molecule has 0 saturated heterocycles. The van der Waals surface area contributed by atoms with Crippen molar-refractivity contribution in [1.29, 1.82) is 0 Å². The molecule has 0 bridgehead atoms. The van der Waals surface area contributed by atoms with E-state index >= 15 is 0 Å². The number of halogens is 1. The molecule has 0 radical (unpaired) electrons. The molecule has 0 aromatic heterocycles. The lowest BCUT2D eigenvalue weighted by atomic mass is 10.1. The van der Waals surface area contributed by atoms with Gasteiger partial charge in [-0.3, -0.25) is 9.52 Å². The zero-order valence-electron chi connectivity index (χ0n) is 14.3. The Balaban J connectivity index is 2.37. The highest BCUT2D eigenvalue weighted by molar-refractivity contribution is 14.1. The van der Waals surface area contributed by atoms with Crippen molar-refractivity contribution in [2.24, 2.45) is 5.73 Å². The van der Waals surface area contributed by atoms with Crippen LogP contribution in [0.15, 0.2) is 24.3 Å². The van der Waals surface area contributed by atoms with Gasteiger partial charge in [0.05, 0.1) is 5.75 Å². The first-order valence-electron chi connectivity index (χ1n) is 8.48. The largest absolute Gasteiger partial charge is 0.480 e. The molecule has 1 aromatic rings. The Bertz CT molecular complexity index is 620. The fraction of sp³-hybridized carbons (Fsp3) is 0.588.